The lowest BCUT2D eigenvalue weighted by Gasteiger charge is -2.19. The molecule has 0 fully saturated rings. The van der Waals surface area contributed by atoms with Crippen molar-refractivity contribution in [2.24, 2.45) is 0 Å². The average Bonchev–Trinajstić information content (AvgIpc) is 2.47. The fourth-order valence-corrected chi connectivity index (χ4v) is 2.89. The molecule has 1 N–H and O–H groups in total. The van der Waals surface area contributed by atoms with Crippen molar-refractivity contribution in [1.82, 2.24) is 4.72 Å². The van der Waals surface area contributed by atoms with E-state index in [4.69, 9.17) is 0 Å². The molecular weight excluding hydrogens is 317 g/mol. The first kappa shape index (κ1) is 19.5. The van der Waals surface area contributed by atoms with Crippen LogP contribution in [0.2, 0.25) is 0 Å². The highest BCUT2D eigenvalue weighted by Gasteiger charge is 2.18. The Morgan fingerprint density at radius 2 is 1.70 bits per heavy atom. The summed E-state index contributed by atoms with van der Waals surface area (Å²) in [7, 11) is 1.30. The van der Waals surface area contributed by atoms with Gasteiger partial charge in [-0.2, -0.15) is 0 Å². The van der Waals surface area contributed by atoms with Crippen LogP contribution in [-0.4, -0.2) is 24.7 Å². The highest BCUT2D eigenvalue weighted by atomic mass is 32.2. The Balaban J connectivity index is 2.93. The van der Waals surface area contributed by atoms with Crippen molar-refractivity contribution in [3.8, 4) is 0 Å². The molecule has 0 aliphatic heterocycles. The predicted molar refractivity (Wildman–Crippen MR) is 90.9 cm³/mol. The third-order valence-corrected chi connectivity index (χ3v) is 4.22. The second-order valence-corrected chi connectivity index (χ2v) is 6.72. The number of ether oxygens (including phenoxy) is 1. The third-order valence-electron chi connectivity index (χ3n) is 3.47. The van der Waals surface area contributed by atoms with E-state index in [1.807, 2.05) is 27.7 Å². The minimum Gasteiger partial charge on any atom is -0.468 e. The van der Waals surface area contributed by atoms with Gasteiger partial charge in [-0.3, -0.25) is 14.3 Å². The molecule has 1 aromatic carbocycles. The van der Waals surface area contributed by atoms with Crippen LogP contribution in [0, 0.1) is 5.82 Å². The zero-order valence-electron chi connectivity index (χ0n) is 14.2. The number of amides is 1. The van der Waals surface area contributed by atoms with E-state index in [-0.39, 0.29) is 35.7 Å². The number of carbonyl (C=O) groups excluding carboxylic acids is 2. The van der Waals surface area contributed by atoms with Gasteiger partial charge >= 0.3 is 5.97 Å². The van der Waals surface area contributed by atoms with E-state index in [1.54, 1.807) is 0 Å². The molecule has 1 rings (SSSR count). The minimum atomic E-state index is -0.400. The predicted octanol–water partition coefficient (Wildman–Crippen LogP) is 3.55. The highest BCUT2D eigenvalue weighted by molar-refractivity contribution is 7.98. The number of carbonyl (C=O) groups is 2. The molecule has 6 heteroatoms. The van der Waals surface area contributed by atoms with Gasteiger partial charge in [0, 0.05) is 0 Å². The minimum absolute atomic E-state index is 0.0553. The van der Waals surface area contributed by atoms with Crippen LogP contribution in [0.3, 0.4) is 0 Å². The third kappa shape index (κ3) is 5.86. The van der Waals surface area contributed by atoms with Gasteiger partial charge in [-0.05, 0) is 52.6 Å². The van der Waals surface area contributed by atoms with E-state index in [2.05, 4.69) is 9.46 Å². The SMILES string of the molecule is COC(=O)CSNC(=O)Cc1c(C(C)C)cc(F)cc1C(C)C. The Kier molecular flexibility index (Phi) is 7.55. The molecule has 1 amide bonds. The van der Waals surface area contributed by atoms with E-state index in [0.29, 0.717) is 0 Å². The van der Waals surface area contributed by atoms with E-state index in [1.165, 1.54) is 19.2 Å². The molecule has 1 aromatic rings. The molecule has 23 heavy (non-hydrogen) atoms. The van der Waals surface area contributed by atoms with Crippen LogP contribution in [0.4, 0.5) is 4.39 Å². The van der Waals surface area contributed by atoms with Gasteiger partial charge in [0.05, 0.1) is 13.5 Å². The lowest BCUT2D eigenvalue weighted by Crippen LogP contribution is -2.22. The van der Waals surface area contributed by atoms with Gasteiger partial charge in [0.25, 0.3) is 0 Å². The van der Waals surface area contributed by atoms with Gasteiger partial charge in [-0.15, -0.1) is 0 Å². The molecule has 128 valence electrons. The summed E-state index contributed by atoms with van der Waals surface area (Å²) in [6, 6.07) is 3.00. The van der Waals surface area contributed by atoms with Gasteiger partial charge in [-0.1, -0.05) is 27.7 Å². The maximum Gasteiger partial charge on any atom is 0.317 e. The summed E-state index contributed by atoms with van der Waals surface area (Å²) in [6.07, 6.45) is 0.162. The largest absolute Gasteiger partial charge is 0.468 e. The Hall–Kier alpha value is -1.56. The Labute approximate surface area is 141 Å². The average molecular weight is 341 g/mol. The van der Waals surface area contributed by atoms with E-state index in [9.17, 15) is 14.0 Å². The number of benzene rings is 1. The van der Waals surface area contributed by atoms with Crippen molar-refractivity contribution in [3.05, 3.63) is 34.6 Å². The summed E-state index contributed by atoms with van der Waals surface area (Å²) in [5.41, 5.74) is 2.57. The van der Waals surface area contributed by atoms with E-state index < -0.39 is 5.97 Å². The molecule has 4 nitrogen and oxygen atoms in total. The highest BCUT2D eigenvalue weighted by Crippen LogP contribution is 2.29. The van der Waals surface area contributed by atoms with Crippen LogP contribution in [-0.2, 0) is 20.7 Å². The molecule has 0 saturated heterocycles. The molecule has 0 aliphatic carbocycles. The number of hydrogen-bond donors (Lipinski definition) is 1. The maximum atomic E-state index is 13.8. The van der Waals surface area contributed by atoms with Gasteiger partial charge in [0.2, 0.25) is 5.91 Å². The van der Waals surface area contributed by atoms with E-state index >= 15 is 0 Å². The molecule has 0 saturated carbocycles. The van der Waals surface area contributed by atoms with Crippen LogP contribution in [0.25, 0.3) is 0 Å². The molecule has 0 aromatic heterocycles. The van der Waals surface area contributed by atoms with Gasteiger partial charge in [0.1, 0.15) is 11.6 Å². The number of rotatable bonds is 7. The fraction of sp³-hybridized carbons (Fsp3) is 0.529. The maximum absolute atomic E-state index is 13.8. The first-order valence-electron chi connectivity index (χ1n) is 7.55. The molecule has 0 radical (unpaired) electrons. The van der Waals surface area contributed by atoms with Crippen molar-refractivity contribution < 1.29 is 18.7 Å². The molecule has 0 atom stereocenters. The van der Waals surface area contributed by atoms with Gasteiger partial charge in [-0.25, -0.2) is 4.39 Å². The van der Waals surface area contributed by atoms with Crippen molar-refractivity contribution in [2.45, 2.75) is 46.0 Å². The summed E-state index contributed by atoms with van der Waals surface area (Å²) in [5, 5.41) is 0. The standard InChI is InChI=1S/C17H24FNO3S/c1-10(2)13-6-12(18)7-14(11(3)4)15(13)8-16(20)19-23-9-17(21)22-5/h6-7,10-11H,8-9H2,1-5H3,(H,19,20). The first-order valence-corrected chi connectivity index (χ1v) is 8.54. The topological polar surface area (TPSA) is 55.4 Å². The molecule has 0 spiro atoms. The number of halogens is 1. The first-order chi connectivity index (χ1) is 10.8. The van der Waals surface area contributed by atoms with Crippen molar-refractivity contribution in [2.75, 3.05) is 12.9 Å². The Morgan fingerprint density at radius 1 is 1.17 bits per heavy atom. The Morgan fingerprint density at radius 3 is 2.13 bits per heavy atom. The smallest absolute Gasteiger partial charge is 0.317 e. The summed E-state index contributed by atoms with van der Waals surface area (Å²) in [4.78, 5) is 23.2. The normalized spacial score (nSPS) is 11.0. The quantitative estimate of drug-likeness (QED) is 0.609. The summed E-state index contributed by atoms with van der Waals surface area (Å²) >= 11 is 0.997. The van der Waals surface area contributed by atoms with Crippen LogP contribution >= 0.6 is 11.9 Å². The van der Waals surface area contributed by atoms with E-state index in [0.717, 1.165) is 28.6 Å². The Bertz CT molecular complexity index is 544. The van der Waals surface area contributed by atoms with Crippen LogP contribution in [0.1, 0.15) is 56.2 Å². The zero-order valence-corrected chi connectivity index (χ0v) is 15.1. The fourth-order valence-electron chi connectivity index (χ4n) is 2.35. The second-order valence-electron chi connectivity index (χ2n) is 5.94. The number of nitrogens with one attached hydrogen (secondary N) is 1. The molecule has 0 bridgehead atoms. The van der Waals surface area contributed by atoms with Crippen molar-refractivity contribution in [3.63, 3.8) is 0 Å². The summed E-state index contributed by atoms with van der Waals surface area (Å²) in [5.74, 6) is -0.596. The number of hydrogen-bond acceptors (Lipinski definition) is 4. The van der Waals surface area contributed by atoms with Crippen molar-refractivity contribution in [1.29, 1.82) is 0 Å². The van der Waals surface area contributed by atoms with Crippen LogP contribution in [0.5, 0.6) is 0 Å². The zero-order chi connectivity index (χ0) is 17.6. The monoisotopic (exact) mass is 341 g/mol. The second kappa shape index (κ2) is 8.91. The van der Waals surface area contributed by atoms with Gasteiger partial charge in [0.15, 0.2) is 0 Å². The lowest BCUT2D eigenvalue weighted by atomic mass is 9.87. The summed E-state index contributed by atoms with van der Waals surface area (Å²) in [6.45, 7) is 7.91. The summed E-state index contributed by atoms with van der Waals surface area (Å²) < 4.78 is 21.0. The van der Waals surface area contributed by atoms with Crippen molar-refractivity contribution >= 4 is 23.8 Å². The van der Waals surface area contributed by atoms with Gasteiger partial charge < -0.3 is 4.74 Å². The molecular formula is C17H24FNO3S. The van der Waals surface area contributed by atoms with Crippen LogP contribution < -0.4 is 4.72 Å². The number of methoxy groups -OCH3 is 1. The number of esters is 1. The molecule has 0 heterocycles. The van der Waals surface area contributed by atoms with Crippen LogP contribution in [0.15, 0.2) is 12.1 Å². The lowest BCUT2D eigenvalue weighted by molar-refractivity contribution is -0.137. The molecule has 0 unspecified atom stereocenters. The molecule has 0 aliphatic rings.